The third-order valence-corrected chi connectivity index (χ3v) is 5.19. The summed E-state index contributed by atoms with van der Waals surface area (Å²) in [6.07, 6.45) is 7.83. The third kappa shape index (κ3) is 2.36. The monoisotopic (exact) mass is 280 g/mol. The maximum atomic E-state index is 10.3. The average Bonchev–Trinajstić information content (AvgIpc) is 2.68. The Bertz CT molecular complexity index is 438. The van der Waals surface area contributed by atoms with Crippen molar-refractivity contribution >= 4 is 11.6 Å². The van der Waals surface area contributed by atoms with Crippen molar-refractivity contribution in [2.75, 3.05) is 0 Å². The molecule has 1 spiro atoms. The minimum atomic E-state index is -0.196. The lowest BCUT2D eigenvalue weighted by Crippen LogP contribution is -2.59. The molecule has 0 saturated heterocycles. The van der Waals surface area contributed by atoms with Crippen LogP contribution in [0, 0.1) is 5.41 Å². The van der Waals surface area contributed by atoms with E-state index in [1.54, 1.807) is 0 Å². The fourth-order valence-corrected chi connectivity index (χ4v) is 3.81. The molecule has 0 aliphatic heterocycles. The smallest absolute Gasteiger partial charge is 0.138 e. The molecule has 0 aromatic heterocycles. The Labute approximate surface area is 119 Å². The van der Waals surface area contributed by atoms with Gasteiger partial charge < -0.3 is 9.84 Å². The van der Waals surface area contributed by atoms with Gasteiger partial charge in [-0.1, -0.05) is 49.4 Å². The number of hydrogen-bond donors (Lipinski definition) is 1. The number of para-hydroxylation sites is 1. The van der Waals surface area contributed by atoms with Crippen LogP contribution in [0.3, 0.4) is 0 Å². The van der Waals surface area contributed by atoms with Crippen LogP contribution in [0.25, 0.3) is 0 Å². The van der Waals surface area contributed by atoms with Gasteiger partial charge in [0.1, 0.15) is 11.9 Å². The summed E-state index contributed by atoms with van der Waals surface area (Å²) in [7, 11) is 0. The molecule has 1 aromatic carbocycles. The molecule has 2 saturated carbocycles. The second-order valence-corrected chi connectivity index (χ2v) is 6.34. The maximum absolute atomic E-state index is 10.3. The Hall–Kier alpha value is -0.730. The lowest BCUT2D eigenvalue weighted by atomic mass is 9.59. The van der Waals surface area contributed by atoms with E-state index in [1.165, 1.54) is 25.7 Å². The normalized spacial score (nSPS) is 29.6. The van der Waals surface area contributed by atoms with E-state index in [9.17, 15) is 5.11 Å². The van der Waals surface area contributed by atoms with Gasteiger partial charge in [-0.05, 0) is 25.0 Å². The fraction of sp³-hybridized carbons (Fsp3) is 0.625. The van der Waals surface area contributed by atoms with Crippen LogP contribution in [0.5, 0.6) is 5.75 Å². The SMILES string of the molecule is OC1CC(Oc2ccccc2Cl)C12CCCCCC2. The number of halogens is 1. The first kappa shape index (κ1) is 13.3. The average molecular weight is 281 g/mol. The number of benzene rings is 1. The van der Waals surface area contributed by atoms with E-state index in [-0.39, 0.29) is 17.6 Å². The predicted molar refractivity (Wildman–Crippen MR) is 76.6 cm³/mol. The zero-order chi connectivity index (χ0) is 13.3. The largest absolute Gasteiger partial charge is 0.488 e. The topological polar surface area (TPSA) is 29.5 Å². The molecular formula is C16H21ClO2. The Balaban J connectivity index is 1.76. The van der Waals surface area contributed by atoms with Crippen LogP contribution >= 0.6 is 11.6 Å². The molecule has 104 valence electrons. The molecule has 2 aliphatic carbocycles. The van der Waals surface area contributed by atoms with Gasteiger partial charge in [0.05, 0.1) is 11.1 Å². The Morgan fingerprint density at radius 2 is 1.79 bits per heavy atom. The molecule has 0 heterocycles. The summed E-state index contributed by atoms with van der Waals surface area (Å²) in [6.45, 7) is 0. The molecule has 2 aliphatic rings. The number of hydrogen-bond acceptors (Lipinski definition) is 2. The van der Waals surface area contributed by atoms with Gasteiger partial charge in [0.25, 0.3) is 0 Å². The lowest BCUT2D eigenvalue weighted by molar-refractivity contribution is -0.163. The highest BCUT2D eigenvalue weighted by molar-refractivity contribution is 6.32. The van der Waals surface area contributed by atoms with Gasteiger partial charge in [0.15, 0.2) is 0 Å². The Morgan fingerprint density at radius 1 is 1.11 bits per heavy atom. The minimum absolute atomic E-state index is 0.0182. The Kier molecular flexibility index (Phi) is 3.72. The summed E-state index contributed by atoms with van der Waals surface area (Å²) >= 11 is 6.16. The summed E-state index contributed by atoms with van der Waals surface area (Å²) < 4.78 is 6.11. The number of rotatable bonds is 2. The molecule has 2 nitrogen and oxygen atoms in total. The van der Waals surface area contributed by atoms with Gasteiger partial charge in [-0.2, -0.15) is 0 Å². The summed E-state index contributed by atoms with van der Waals surface area (Å²) in [4.78, 5) is 0. The highest BCUT2D eigenvalue weighted by Crippen LogP contribution is 2.52. The molecule has 3 rings (SSSR count). The van der Waals surface area contributed by atoms with Gasteiger partial charge >= 0.3 is 0 Å². The van der Waals surface area contributed by atoms with Crippen molar-refractivity contribution in [3.63, 3.8) is 0 Å². The molecule has 3 heteroatoms. The minimum Gasteiger partial charge on any atom is -0.488 e. The predicted octanol–water partition coefficient (Wildman–Crippen LogP) is 4.19. The van der Waals surface area contributed by atoms with E-state index in [2.05, 4.69) is 0 Å². The summed E-state index contributed by atoms with van der Waals surface area (Å²) in [5.74, 6) is 0.754. The quantitative estimate of drug-likeness (QED) is 0.880. The molecule has 0 bridgehead atoms. The molecule has 1 N–H and O–H groups in total. The molecule has 0 amide bonds. The van der Waals surface area contributed by atoms with Crippen LogP contribution in [0.15, 0.2) is 24.3 Å². The lowest BCUT2D eigenvalue weighted by Gasteiger charge is -2.53. The van der Waals surface area contributed by atoms with Crippen molar-refractivity contribution in [2.45, 2.75) is 57.2 Å². The highest BCUT2D eigenvalue weighted by atomic mass is 35.5. The van der Waals surface area contributed by atoms with Crippen LogP contribution in [0.1, 0.15) is 44.9 Å². The second-order valence-electron chi connectivity index (χ2n) is 5.94. The summed E-state index contributed by atoms with van der Waals surface area (Å²) in [5.41, 5.74) is -0.0182. The van der Waals surface area contributed by atoms with Gasteiger partial charge in [0, 0.05) is 11.8 Å². The van der Waals surface area contributed by atoms with Gasteiger partial charge in [0.2, 0.25) is 0 Å². The summed E-state index contributed by atoms with van der Waals surface area (Å²) in [6, 6.07) is 7.62. The second kappa shape index (κ2) is 5.34. The number of ether oxygens (including phenoxy) is 1. The van der Waals surface area contributed by atoms with E-state index < -0.39 is 0 Å². The van der Waals surface area contributed by atoms with E-state index in [4.69, 9.17) is 16.3 Å². The van der Waals surface area contributed by atoms with E-state index in [0.717, 1.165) is 25.0 Å². The number of aliphatic hydroxyl groups excluding tert-OH is 1. The molecule has 2 atom stereocenters. The first-order valence-corrected chi connectivity index (χ1v) is 7.69. The van der Waals surface area contributed by atoms with Crippen molar-refractivity contribution < 1.29 is 9.84 Å². The van der Waals surface area contributed by atoms with Crippen LogP contribution in [-0.4, -0.2) is 17.3 Å². The zero-order valence-corrected chi connectivity index (χ0v) is 11.9. The standard InChI is InChI=1S/C16H21ClO2/c17-12-7-3-4-8-13(12)19-15-11-14(18)16(15)9-5-1-2-6-10-16/h3-4,7-8,14-15,18H,1-2,5-6,9-11H2. The van der Waals surface area contributed by atoms with Crippen LogP contribution < -0.4 is 4.74 Å². The third-order valence-electron chi connectivity index (χ3n) is 4.88. The van der Waals surface area contributed by atoms with Gasteiger partial charge in [-0.25, -0.2) is 0 Å². The van der Waals surface area contributed by atoms with E-state index in [1.807, 2.05) is 24.3 Å². The molecule has 2 unspecified atom stereocenters. The van der Waals surface area contributed by atoms with Crippen LogP contribution in [0.4, 0.5) is 0 Å². The van der Waals surface area contributed by atoms with Crippen molar-refractivity contribution in [3.05, 3.63) is 29.3 Å². The Morgan fingerprint density at radius 3 is 2.42 bits per heavy atom. The number of aliphatic hydroxyl groups is 1. The van der Waals surface area contributed by atoms with Crippen LogP contribution in [-0.2, 0) is 0 Å². The van der Waals surface area contributed by atoms with Crippen molar-refractivity contribution in [1.82, 2.24) is 0 Å². The van der Waals surface area contributed by atoms with E-state index in [0.29, 0.717) is 5.02 Å². The highest BCUT2D eigenvalue weighted by Gasteiger charge is 2.55. The van der Waals surface area contributed by atoms with Crippen molar-refractivity contribution in [1.29, 1.82) is 0 Å². The fourth-order valence-electron chi connectivity index (χ4n) is 3.63. The van der Waals surface area contributed by atoms with Crippen molar-refractivity contribution in [2.24, 2.45) is 5.41 Å². The van der Waals surface area contributed by atoms with E-state index >= 15 is 0 Å². The molecular weight excluding hydrogens is 260 g/mol. The van der Waals surface area contributed by atoms with Crippen molar-refractivity contribution in [3.8, 4) is 5.75 Å². The zero-order valence-electron chi connectivity index (χ0n) is 11.1. The van der Waals surface area contributed by atoms with Gasteiger partial charge in [-0.15, -0.1) is 0 Å². The first-order valence-electron chi connectivity index (χ1n) is 7.32. The molecule has 19 heavy (non-hydrogen) atoms. The van der Waals surface area contributed by atoms with Gasteiger partial charge in [-0.3, -0.25) is 0 Å². The molecule has 2 fully saturated rings. The molecule has 1 aromatic rings. The summed E-state index contributed by atoms with van der Waals surface area (Å²) in [5, 5.41) is 10.9. The maximum Gasteiger partial charge on any atom is 0.138 e. The van der Waals surface area contributed by atoms with Crippen LogP contribution in [0.2, 0.25) is 5.02 Å². The molecule has 0 radical (unpaired) electrons. The first-order chi connectivity index (χ1) is 9.22.